The Morgan fingerprint density at radius 1 is 1.18 bits per heavy atom. The fraction of sp³-hybridized carbons (Fsp3) is 0.625. The van der Waals surface area contributed by atoms with Gasteiger partial charge in [-0.2, -0.15) is 0 Å². The molecule has 0 bridgehead atoms. The van der Waals surface area contributed by atoms with Gasteiger partial charge >= 0.3 is 0 Å². The molecule has 3 atom stereocenters. The van der Waals surface area contributed by atoms with E-state index in [-0.39, 0.29) is 12.3 Å². The predicted molar refractivity (Wildman–Crippen MR) is 124 cm³/mol. The van der Waals surface area contributed by atoms with Crippen LogP contribution in [0.2, 0.25) is 0 Å². The number of amides is 3. The largest absolute Gasteiger partial charge is 0.379 e. The lowest BCUT2D eigenvalue weighted by Crippen LogP contribution is -2.57. The molecular formula is C24H38N4O5. The van der Waals surface area contributed by atoms with Crippen molar-refractivity contribution < 1.29 is 24.3 Å². The van der Waals surface area contributed by atoms with E-state index >= 15 is 0 Å². The number of ether oxygens (including phenoxy) is 1. The first kappa shape index (κ1) is 26.8. The van der Waals surface area contributed by atoms with E-state index in [4.69, 9.17) is 4.74 Å². The lowest BCUT2D eigenvalue weighted by atomic mass is 9.84. The number of morpholine rings is 1. The zero-order valence-electron chi connectivity index (χ0n) is 20.1. The minimum atomic E-state index is -0.775. The summed E-state index contributed by atoms with van der Waals surface area (Å²) in [4.78, 5) is 39.7. The lowest BCUT2D eigenvalue weighted by molar-refractivity contribution is -0.166. The van der Waals surface area contributed by atoms with Crippen LogP contribution in [0.1, 0.15) is 33.3 Å². The van der Waals surface area contributed by atoms with Gasteiger partial charge in [0.2, 0.25) is 18.2 Å². The number of hydroxylamine groups is 2. The third-order valence-electron chi connectivity index (χ3n) is 5.99. The van der Waals surface area contributed by atoms with Crippen LogP contribution in [0, 0.1) is 11.3 Å². The van der Waals surface area contributed by atoms with Gasteiger partial charge in [-0.25, -0.2) is 5.06 Å². The van der Waals surface area contributed by atoms with Gasteiger partial charge in [-0.1, -0.05) is 51.1 Å². The van der Waals surface area contributed by atoms with Gasteiger partial charge in [0.25, 0.3) is 0 Å². The van der Waals surface area contributed by atoms with Gasteiger partial charge in [0.05, 0.1) is 25.2 Å². The molecule has 1 aliphatic heterocycles. The lowest BCUT2D eigenvalue weighted by Gasteiger charge is -2.34. The highest BCUT2D eigenvalue weighted by Crippen LogP contribution is 2.22. The SMILES string of the molecule is C[C@@H]([C@@H](Cc1ccccc1)C(=O)N[C@H](C(=O)NCCN1CCOCC1)C(C)(C)C)N(O)C=O. The molecule has 33 heavy (non-hydrogen) atoms. The van der Waals surface area contributed by atoms with Gasteiger partial charge in [0.15, 0.2) is 0 Å². The van der Waals surface area contributed by atoms with Crippen molar-refractivity contribution in [2.24, 2.45) is 11.3 Å². The molecule has 1 aromatic carbocycles. The van der Waals surface area contributed by atoms with E-state index in [2.05, 4.69) is 15.5 Å². The van der Waals surface area contributed by atoms with E-state index in [0.717, 1.165) is 18.7 Å². The topological polar surface area (TPSA) is 111 Å². The second kappa shape index (κ2) is 12.7. The Morgan fingerprint density at radius 2 is 1.82 bits per heavy atom. The first-order valence-corrected chi connectivity index (χ1v) is 11.5. The van der Waals surface area contributed by atoms with Crippen LogP contribution >= 0.6 is 0 Å². The molecule has 184 valence electrons. The Labute approximate surface area is 196 Å². The van der Waals surface area contributed by atoms with Crippen LogP contribution in [-0.4, -0.2) is 84.9 Å². The molecular weight excluding hydrogens is 424 g/mol. The summed E-state index contributed by atoms with van der Waals surface area (Å²) in [6, 6.07) is 7.83. The van der Waals surface area contributed by atoms with Crippen molar-refractivity contribution in [3.05, 3.63) is 35.9 Å². The molecule has 0 aromatic heterocycles. The van der Waals surface area contributed by atoms with Gasteiger partial charge in [-0.05, 0) is 24.3 Å². The maximum atomic E-state index is 13.3. The number of rotatable bonds is 11. The van der Waals surface area contributed by atoms with Crippen molar-refractivity contribution in [1.82, 2.24) is 20.6 Å². The summed E-state index contributed by atoms with van der Waals surface area (Å²) in [5.41, 5.74) is 0.356. The fourth-order valence-corrected chi connectivity index (χ4v) is 3.82. The molecule has 0 unspecified atom stereocenters. The molecule has 9 heteroatoms. The molecule has 1 heterocycles. The average molecular weight is 463 g/mol. The highest BCUT2D eigenvalue weighted by atomic mass is 16.5. The minimum Gasteiger partial charge on any atom is -0.379 e. The highest BCUT2D eigenvalue weighted by molar-refractivity contribution is 5.89. The standard InChI is InChI=1S/C24H38N4O5/c1-18(28(32)17-29)20(16-19-8-6-5-7-9-19)22(30)26-21(24(2,3)4)23(31)25-10-11-27-12-14-33-15-13-27/h5-9,17-18,20-21,32H,10-16H2,1-4H3,(H,25,31)(H,26,30)/t18-,20+,21+/m0/s1. The molecule has 0 aliphatic carbocycles. The summed E-state index contributed by atoms with van der Waals surface area (Å²) in [7, 11) is 0. The van der Waals surface area contributed by atoms with Crippen molar-refractivity contribution in [2.75, 3.05) is 39.4 Å². The van der Waals surface area contributed by atoms with Crippen molar-refractivity contribution in [3.8, 4) is 0 Å². The number of hydrogen-bond acceptors (Lipinski definition) is 6. The minimum absolute atomic E-state index is 0.258. The van der Waals surface area contributed by atoms with Crippen LogP contribution in [0.25, 0.3) is 0 Å². The van der Waals surface area contributed by atoms with Crippen LogP contribution in [0.3, 0.4) is 0 Å². The van der Waals surface area contributed by atoms with Crippen molar-refractivity contribution in [1.29, 1.82) is 0 Å². The Kier molecular flexibility index (Phi) is 10.3. The van der Waals surface area contributed by atoms with Gasteiger partial charge in [0.1, 0.15) is 6.04 Å². The quantitative estimate of drug-likeness (QED) is 0.258. The van der Waals surface area contributed by atoms with Gasteiger partial charge in [-0.15, -0.1) is 0 Å². The van der Waals surface area contributed by atoms with E-state index in [0.29, 0.717) is 37.8 Å². The molecule has 3 N–H and O–H groups in total. The summed E-state index contributed by atoms with van der Waals surface area (Å²) in [6.07, 6.45) is 0.601. The Balaban J connectivity index is 2.08. The Morgan fingerprint density at radius 3 is 2.39 bits per heavy atom. The van der Waals surface area contributed by atoms with Crippen LogP contribution in [0.4, 0.5) is 0 Å². The molecule has 0 saturated carbocycles. The van der Waals surface area contributed by atoms with Crippen LogP contribution in [-0.2, 0) is 25.5 Å². The molecule has 0 radical (unpaired) electrons. The van der Waals surface area contributed by atoms with Crippen LogP contribution in [0.5, 0.6) is 0 Å². The predicted octanol–water partition coefficient (Wildman–Crippen LogP) is 1.06. The number of nitrogens with zero attached hydrogens (tertiary/aromatic N) is 2. The molecule has 3 amide bonds. The Hall–Kier alpha value is -2.49. The summed E-state index contributed by atoms with van der Waals surface area (Å²) in [6.45, 7) is 11.5. The number of carbonyl (C=O) groups excluding carboxylic acids is 3. The van der Waals surface area contributed by atoms with E-state index in [1.54, 1.807) is 6.92 Å². The molecule has 9 nitrogen and oxygen atoms in total. The smallest absolute Gasteiger partial charge is 0.243 e. The maximum absolute atomic E-state index is 13.3. The highest BCUT2D eigenvalue weighted by Gasteiger charge is 2.37. The second-order valence-corrected chi connectivity index (χ2v) is 9.57. The average Bonchev–Trinajstić information content (AvgIpc) is 2.80. The van der Waals surface area contributed by atoms with Crippen molar-refractivity contribution in [3.63, 3.8) is 0 Å². The summed E-state index contributed by atoms with van der Waals surface area (Å²) >= 11 is 0. The monoisotopic (exact) mass is 462 g/mol. The van der Waals surface area contributed by atoms with E-state index < -0.39 is 29.3 Å². The molecule has 1 fully saturated rings. The van der Waals surface area contributed by atoms with Gasteiger partial charge in [0, 0.05) is 26.2 Å². The van der Waals surface area contributed by atoms with E-state index in [9.17, 15) is 19.6 Å². The third kappa shape index (κ3) is 8.42. The number of carbonyl (C=O) groups is 3. The molecule has 0 spiro atoms. The summed E-state index contributed by atoms with van der Waals surface area (Å²) < 4.78 is 5.34. The molecule has 1 aliphatic rings. The Bertz CT molecular complexity index is 762. The van der Waals surface area contributed by atoms with E-state index in [1.807, 2.05) is 51.1 Å². The zero-order chi connectivity index (χ0) is 24.4. The van der Waals surface area contributed by atoms with Crippen molar-refractivity contribution >= 4 is 18.2 Å². The van der Waals surface area contributed by atoms with Crippen LogP contribution in [0.15, 0.2) is 30.3 Å². The first-order chi connectivity index (χ1) is 15.6. The van der Waals surface area contributed by atoms with Crippen LogP contribution < -0.4 is 10.6 Å². The third-order valence-corrected chi connectivity index (χ3v) is 5.99. The zero-order valence-corrected chi connectivity index (χ0v) is 20.1. The molecule has 2 rings (SSSR count). The molecule has 1 aromatic rings. The van der Waals surface area contributed by atoms with Gasteiger partial charge in [-0.3, -0.25) is 24.5 Å². The summed E-state index contributed by atoms with van der Waals surface area (Å²) in [5.74, 6) is -1.39. The van der Waals surface area contributed by atoms with Gasteiger partial charge < -0.3 is 15.4 Å². The second-order valence-electron chi connectivity index (χ2n) is 9.57. The maximum Gasteiger partial charge on any atom is 0.243 e. The number of nitrogens with one attached hydrogen (secondary N) is 2. The number of hydrogen-bond donors (Lipinski definition) is 3. The van der Waals surface area contributed by atoms with E-state index in [1.165, 1.54) is 0 Å². The van der Waals surface area contributed by atoms with Crippen molar-refractivity contribution in [2.45, 2.75) is 46.2 Å². The summed E-state index contributed by atoms with van der Waals surface area (Å²) in [5, 5.41) is 16.3. The first-order valence-electron chi connectivity index (χ1n) is 11.5. The molecule has 1 saturated heterocycles. The fourth-order valence-electron chi connectivity index (χ4n) is 3.82. The normalized spacial score (nSPS) is 17.5. The number of benzene rings is 1.